The van der Waals surface area contributed by atoms with Crippen molar-refractivity contribution in [1.29, 1.82) is 0 Å². The molecule has 0 amide bonds. The molecule has 1 heterocycles. The van der Waals surface area contributed by atoms with E-state index in [0.29, 0.717) is 6.61 Å². The lowest BCUT2D eigenvalue weighted by atomic mass is 9.87. The lowest BCUT2D eigenvalue weighted by molar-refractivity contribution is -0.288. The van der Waals surface area contributed by atoms with Gasteiger partial charge in [-0.05, 0) is 11.1 Å². The van der Waals surface area contributed by atoms with E-state index in [1.807, 2.05) is 60.7 Å². The maximum atomic E-state index is 12.1. The third-order valence-corrected chi connectivity index (χ3v) is 5.42. The number of rotatable bonds is 10. The molecule has 2 aromatic rings. The second-order valence-electron chi connectivity index (χ2n) is 7.77. The van der Waals surface area contributed by atoms with Crippen LogP contribution in [0.5, 0.6) is 0 Å². The van der Waals surface area contributed by atoms with Crippen LogP contribution in [-0.4, -0.2) is 43.7 Å². The highest BCUT2D eigenvalue weighted by atomic mass is 16.7. The van der Waals surface area contributed by atoms with Gasteiger partial charge in [0.25, 0.3) is 0 Å². The van der Waals surface area contributed by atoms with E-state index in [2.05, 4.69) is 6.58 Å². The van der Waals surface area contributed by atoms with Gasteiger partial charge >= 0.3 is 11.9 Å². The fourth-order valence-corrected chi connectivity index (χ4v) is 3.82. The quantitative estimate of drug-likeness (QED) is 0.399. The summed E-state index contributed by atoms with van der Waals surface area (Å²) in [5, 5.41) is 0. The van der Waals surface area contributed by atoms with Crippen LogP contribution in [0.4, 0.5) is 0 Å². The molecule has 0 aliphatic carbocycles. The van der Waals surface area contributed by atoms with Crippen molar-refractivity contribution in [3.8, 4) is 0 Å². The summed E-state index contributed by atoms with van der Waals surface area (Å²) in [5.41, 5.74) is 1.93. The maximum absolute atomic E-state index is 12.1. The van der Waals surface area contributed by atoms with Crippen molar-refractivity contribution in [3.63, 3.8) is 0 Å². The Bertz CT molecular complexity index is 899. The number of esters is 2. The lowest BCUT2D eigenvalue weighted by Gasteiger charge is -2.44. The topological polar surface area (TPSA) is 80.3 Å². The number of methoxy groups -OCH3 is 1. The number of hydrogen-bond acceptors (Lipinski definition) is 7. The molecule has 33 heavy (non-hydrogen) atoms. The Hall–Kier alpha value is -3.00. The molecule has 1 fully saturated rings. The minimum absolute atomic E-state index is 0.0660. The largest absolute Gasteiger partial charge is 0.469 e. The molecular weight excluding hydrogens is 424 g/mol. The van der Waals surface area contributed by atoms with Gasteiger partial charge in [-0.15, -0.1) is 6.58 Å². The molecule has 1 saturated heterocycles. The van der Waals surface area contributed by atoms with Crippen molar-refractivity contribution in [3.05, 3.63) is 84.4 Å². The fourth-order valence-electron chi connectivity index (χ4n) is 3.82. The molecule has 7 nitrogen and oxygen atoms in total. The standard InChI is InChI=1S/C26H30O7/c1-4-21-24(30-16-19-11-7-5-8-12-19)22(15-23(28)29-3)33-26(32-18(2)27)25(21)31-17-20-13-9-6-10-14-20/h4-14,21-22,24-26H,1,15-17H2,2-3H3/t21-,22+,24-,25-,26-/m0/s1. The normalized spacial score (nSPS) is 24.6. The van der Waals surface area contributed by atoms with E-state index in [1.165, 1.54) is 14.0 Å². The Labute approximate surface area is 194 Å². The van der Waals surface area contributed by atoms with E-state index in [4.69, 9.17) is 23.7 Å². The van der Waals surface area contributed by atoms with Gasteiger partial charge in [-0.2, -0.15) is 0 Å². The minimum Gasteiger partial charge on any atom is -0.469 e. The Morgan fingerprint density at radius 1 is 0.939 bits per heavy atom. The summed E-state index contributed by atoms with van der Waals surface area (Å²) in [6.45, 7) is 5.86. The second-order valence-corrected chi connectivity index (χ2v) is 7.77. The minimum atomic E-state index is -1.03. The van der Waals surface area contributed by atoms with Crippen LogP contribution in [0, 0.1) is 5.92 Å². The Balaban J connectivity index is 1.85. The van der Waals surface area contributed by atoms with Crippen molar-refractivity contribution in [1.82, 2.24) is 0 Å². The molecule has 0 spiro atoms. The molecule has 0 radical (unpaired) electrons. The van der Waals surface area contributed by atoms with Crippen LogP contribution in [0.1, 0.15) is 24.5 Å². The van der Waals surface area contributed by atoms with Crippen molar-refractivity contribution in [2.45, 2.75) is 51.2 Å². The van der Waals surface area contributed by atoms with Gasteiger partial charge < -0.3 is 23.7 Å². The number of carbonyl (C=O) groups is 2. The highest BCUT2D eigenvalue weighted by Crippen LogP contribution is 2.34. The van der Waals surface area contributed by atoms with Gasteiger partial charge in [-0.3, -0.25) is 9.59 Å². The first-order valence-corrected chi connectivity index (χ1v) is 10.8. The number of benzene rings is 2. The highest BCUT2D eigenvalue weighted by Gasteiger charge is 2.48. The van der Waals surface area contributed by atoms with Crippen molar-refractivity contribution in [2.75, 3.05) is 7.11 Å². The second kappa shape index (κ2) is 12.3. The maximum Gasteiger partial charge on any atom is 0.308 e. The summed E-state index contributed by atoms with van der Waals surface area (Å²) < 4.78 is 28.8. The van der Waals surface area contributed by atoms with E-state index in [9.17, 15) is 9.59 Å². The molecule has 3 rings (SSSR count). The summed E-state index contributed by atoms with van der Waals surface area (Å²) >= 11 is 0. The number of hydrogen-bond donors (Lipinski definition) is 0. The van der Waals surface area contributed by atoms with E-state index in [1.54, 1.807) is 6.08 Å². The predicted octanol–water partition coefficient (Wildman–Crippen LogP) is 3.81. The first-order valence-electron chi connectivity index (χ1n) is 10.8. The van der Waals surface area contributed by atoms with Crippen molar-refractivity contribution >= 4 is 11.9 Å². The molecule has 0 saturated carbocycles. The number of carbonyl (C=O) groups excluding carboxylic acids is 2. The van der Waals surface area contributed by atoms with Gasteiger partial charge in [-0.1, -0.05) is 66.7 Å². The smallest absolute Gasteiger partial charge is 0.308 e. The van der Waals surface area contributed by atoms with Gasteiger partial charge in [0.2, 0.25) is 6.29 Å². The molecule has 7 heteroatoms. The van der Waals surface area contributed by atoms with E-state index in [0.717, 1.165) is 11.1 Å². The molecule has 0 unspecified atom stereocenters. The zero-order valence-corrected chi connectivity index (χ0v) is 18.9. The molecule has 176 valence electrons. The van der Waals surface area contributed by atoms with Crippen LogP contribution >= 0.6 is 0 Å². The fraction of sp³-hybridized carbons (Fsp3) is 0.385. The molecule has 0 N–H and O–H groups in total. The molecule has 2 aromatic carbocycles. The zero-order valence-electron chi connectivity index (χ0n) is 18.9. The van der Waals surface area contributed by atoms with E-state index >= 15 is 0 Å². The van der Waals surface area contributed by atoms with Gasteiger partial charge in [0.05, 0.1) is 39.0 Å². The Kier molecular flexibility index (Phi) is 9.18. The van der Waals surface area contributed by atoms with Crippen LogP contribution in [0.15, 0.2) is 73.3 Å². The van der Waals surface area contributed by atoms with Crippen molar-refractivity contribution < 1.29 is 33.3 Å². The Morgan fingerprint density at radius 2 is 1.48 bits per heavy atom. The first kappa shape index (κ1) is 24.6. The van der Waals surface area contributed by atoms with Crippen LogP contribution in [0.3, 0.4) is 0 Å². The van der Waals surface area contributed by atoms with E-state index in [-0.39, 0.29) is 13.0 Å². The van der Waals surface area contributed by atoms with Crippen LogP contribution in [-0.2, 0) is 46.5 Å². The predicted molar refractivity (Wildman–Crippen MR) is 121 cm³/mol. The summed E-state index contributed by atoms with van der Waals surface area (Å²) in [7, 11) is 1.31. The van der Waals surface area contributed by atoms with Crippen molar-refractivity contribution in [2.24, 2.45) is 5.92 Å². The van der Waals surface area contributed by atoms with Crippen LogP contribution in [0.2, 0.25) is 0 Å². The summed E-state index contributed by atoms with van der Waals surface area (Å²) in [4.78, 5) is 23.9. The SMILES string of the molecule is C=C[C@@H]1[C@H](OCc2ccccc2)[C@@H](OC(C)=O)O[C@H](CC(=O)OC)[C@H]1OCc1ccccc1. The summed E-state index contributed by atoms with van der Waals surface area (Å²) in [6, 6.07) is 19.3. The van der Waals surface area contributed by atoms with Crippen LogP contribution < -0.4 is 0 Å². The van der Waals surface area contributed by atoms with Gasteiger partial charge in [0.1, 0.15) is 6.10 Å². The molecule has 0 bridgehead atoms. The average Bonchev–Trinajstić information content (AvgIpc) is 2.83. The van der Waals surface area contributed by atoms with Gasteiger partial charge in [0, 0.05) is 12.8 Å². The molecule has 1 aliphatic heterocycles. The van der Waals surface area contributed by atoms with E-state index < -0.39 is 42.5 Å². The van der Waals surface area contributed by atoms with Crippen LogP contribution in [0.25, 0.3) is 0 Å². The monoisotopic (exact) mass is 454 g/mol. The zero-order chi connectivity index (χ0) is 23.6. The Morgan fingerprint density at radius 3 is 1.97 bits per heavy atom. The third kappa shape index (κ3) is 6.99. The number of ether oxygens (including phenoxy) is 5. The molecular formula is C26H30O7. The summed E-state index contributed by atoms with van der Waals surface area (Å²) in [6.07, 6.45) is -1.36. The molecule has 1 aliphatic rings. The summed E-state index contributed by atoms with van der Waals surface area (Å²) in [5.74, 6) is -1.39. The average molecular weight is 455 g/mol. The molecule has 5 atom stereocenters. The lowest BCUT2D eigenvalue weighted by Crippen LogP contribution is -2.57. The highest BCUT2D eigenvalue weighted by molar-refractivity contribution is 5.70. The first-order chi connectivity index (χ1) is 16.0. The molecule has 0 aromatic heterocycles. The third-order valence-electron chi connectivity index (χ3n) is 5.42. The van der Waals surface area contributed by atoms with Gasteiger partial charge in [-0.25, -0.2) is 0 Å². The van der Waals surface area contributed by atoms with Gasteiger partial charge in [0.15, 0.2) is 0 Å².